The number of hydrogen-bond donors (Lipinski definition) is 5. The lowest BCUT2D eigenvalue weighted by Crippen LogP contribution is -2.92. The van der Waals surface area contributed by atoms with Gasteiger partial charge in [-0.1, -0.05) is 0 Å². The number of nitrogens with one attached hydrogen (secondary N) is 1. The van der Waals surface area contributed by atoms with E-state index in [9.17, 15) is 10.2 Å². The van der Waals surface area contributed by atoms with Crippen LogP contribution < -0.4 is 10.6 Å². The van der Waals surface area contributed by atoms with Gasteiger partial charge in [-0.3, -0.25) is 5.32 Å². The van der Waals surface area contributed by atoms with Crippen LogP contribution in [0.3, 0.4) is 0 Å². The molecule has 7 N–H and O–H groups in total. The number of quaternary nitrogens is 2. The lowest BCUT2D eigenvalue weighted by Gasteiger charge is -2.35. The van der Waals surface area contributed by atoms with Gasteiger partial charge in [0.1, 0.15) is 24.2 Å². The highest BCUT2D eigenvalue weighted by molar-refractivity contribution is 8.13. The van der Waals surface area contributed by atoms with Gasteiger partial charge >= 0.3 is 0 Å². The van der Waals surface area contributed by atoms with Gasteiger partial charge in [-0.15, -0.1) is 0 Å². The zero-order chi connectivity index (χ0) is 15.2. The quantitative estimate of drug-likeness (QED) is 0.317. The largest absolute Gasteiger partial charge is 0.390 e. The van der Waals surface area contributed by atoms with Gasteiger partial charge in [-0.2, -0.15) is 0 Å². The molecule has 7 heteroatoms. The van der Waals surface area contributed by atoms with Gasteiger partial charge in [-0.05, 0) is 44.4 Å². The van der Waals surface area contributed by atoms with E-state index >= 15 is 0 Å². The Balaban J connectivity index is 1.81. The van der Waals surface area contributed by atoms with Crippen molar-refractivity contribution in [3.63, 3.8) is 0 Å². The second kappa shape index (κ2) is 8.45. The first kappa shape index (κ1) is 17.2. The molecule has 0 spiro atoms. The topological polar surface area (TPSA) is 107 Å². The van der Waals surface area contributed by atoms with Crippen LogP contribution in [0.5, 0.6) is 0 Å². The van der Waals surface area contributed by atoms with E-state index in [4.69, 9.17) is 10.1 Å². The monoisotopic (exact) mass is 319 g/mol. The number of aliphatic hydroxyl groups excluding tert-OH is 2. The highest BCUT2D eigenvalue weighted by atomic mass is 32.2. The molecule has 1 unspecified atom stereocenters. The van der Waals surface area contributed by atoms with Crippen molar-refractivity contribution < 1.29 is 25.6 Å². The molecule has 2 aliphatic rings. The maximum atomic E-state index is 10.1. The fourth-order valence-corrected chi connectivity index (χ4v) is 4.12. The molecule has 122 valence electrons. The van der Waals surface area contributed by atoms with Crippen molar-refractivity contribution in [3.05, 3.63) is 0 Å². The summed E-state index contributed by atoms with van der Waals surface area (Å²) in [6, 6.07) is 0.637. The molecular weight excluding hydrogens is 290 g/mol. The van der Waals surface area contributed by atoms with Gasteiger partial charge in [0.2, 0.25) is 0 Å². The van der Waals surface area contributed by atoms with Crippen LogP contribution >= 0.6 is 11.8 Å². The first-order chi connectivity index (χ1) is 10.1. The van der Waals surface area contributed by atoms with Crippen molar-refractivity contribution in [3.8, 4) is 0 Å². The molecule has 2 fully saturated rings. The lowest BCUT2D eigenvalue weighted by molar-refractivity contribution is -0.695. The zero-order valence-electron chi connectivity index (χ0n) is 12.7. The number of thioether (sulfide) groups is 1. The summed E-state index contributed by atoms with van der Waals surface area (Å²) in [5.41, 5.74) is -0.235. The van der Waals surface area contributed by atoms with Crippen molar-refractivity contribution >= 4 is 16.9 Å². The third kappa shape index (κ3) is 5.19. The van der Waals surface area contributed by atoms with E-state index in [2.05, 4.69) is 5.32 Å². The zero-order valence-corrected chi connectivity index (χ0v) is 13.5. The van der Waals surface area contributed by atoms with E-state index in [1.54, 1.807) is 0 Å². The molecule has 0 bridgehead atoms. The molecule has 1 saturated carbocycles. The molecule has 1 heterocycles. The van der Waals surface area contributed by atoms with Gasteiger partial charge in [0.05, 0.1) is 18.7 Å². The summed E-state index contributed by atoms with van der Waals surface area (Å²) in [5, 5.41) is 32.5. The summed E-state index contributed by atoms with van der Waals surface area (Å²) in [7, 11) is 0. The SMILES string of the molecule is CC[NH2+]C(=N)SC1C[C@@H](O)[C@H](O)[C@@H](C[NH2+]C2CCCC2)O1. The van der Waals surface area contributed by atoms with E-state index in [0.717, 1.165) is 6.54 Å². The predicted octanol–water partition coefficient (Wildman–Crippen LogP) is -1.42. The third-order valence-electron chi connectivity index (χ3n) is 4.29. The molecule has 1 saturated heterocycles. The number of aliphatic hydroxyl groups is 2. The Morgan fingerprint density at radius 2 is 2.05 bits per heavy atom. The maximum Gasteiger partial charge on any atom is 0.255 e. The molecule has 1 aliphatic carbocycles. The first-order valence-electron chi connectivity index (χ1n) is 8.03. The molecule has 0 aromatic heterocycles. The summed E-state index contributed by atoms with van der Waals surface area (Å²) in [6.45, 7) is 3.50. The van der Waals surface area contributed by atoms with Gasteiger partial charge in [0.25, 0.3) is 5.17 Å². The van der Waals surface area contributed by atoms with Crippen LogP contribution in [0.2, 0.25) is 0 Å². The smallest absolute Gasteiger partial charge is 0.255 e. The fraction of sp³-hybridized carbons (Fsp3) is 0.929. The van der Waals surface area contributed by atoms with Gasteiger partial charge in [0, 0.05) is 6.42 Å². The van der Waals surface area contributed by atoms with Crippen LogP contribution in [-0.4, -0.2) is 58.3 Å². The van der Waals surface area contributed by atoms with E-state index in [1.165, 1.54) is 37.4 Å². The molecule has 21 heavy (non-hydrogen) atoms. The van der Waals surface area contributed by atoms with Crippen molar-refractivity contribution in [2.45, 2.75) is 68.8 Å². The van der Waals surface area contributed by atoms with Crippen molar-refractivity contribution in [1.29, 1.82) is 5.41 Å². The molecule has 1 aliphatic heterocycles. The van der Waals surface area contributed by atoms with Crippen LogP contribution in [0, 0.1) is 5.41 Å². The summed E-state index contributed by atoms with van der Waals surface area (Å²) in [4.78, 5) is 0. The highest BCUT2D eigenvalue weighted by Crippen LogP contribution is 2.27. The minimum Gasteiger partial charge on any atom is -0.390 e. The molecule has 0 radical (unpaired) electrons. The van der Waals surface area contributed by atoms with Gasteiger partial charge < -0.3 is 20.3 Å². The third-order valence-corrected chi connectivity index (χ3v) is 5.27. The minimum atomic E-state index is -0.816. The summed E-state index contributed by atoms with van der Waals surface area (Å²) in [6.07, 6.45) is 3.52. The van der Waals surface area contributed by atoms with Crippen molar-refractivity contribution in [1.82, 2.24) is 0 Å². The van der Waals surface area contributed by atoms with E-state index < -0.39 is 12.2 Å². The summed E-state index contributed by atoms with van der Waals surface area (Å²) < 4.78 is 5.91. The van der Waals surface area contributed by atoms with Crippen molar-refractivity contribution in [2.24, 2.45) is 0 Å². The van der Waals surface area contributed by atoms with Crippen LogP contribution in [0.15, 0.2) is 0 Å². The molecule has 2 rings (SSSR count). The Kier molecular flexibility index (Phi) is 6.91. The van der Waals surface area contributed by atoms with E-state index in [1.807, 2.05) is 12.2 Å². The van der Waals surface area contributed by atoms with Gasteiger partial charge in [0.15, 0.2) is 0 Å². The van der Waals surface area contributed by atoms with Crippen molar-refractivity contribution in [2.75, 3.05) is 13.1 Å². The number of hydrogen-bond acceptors (Lipinski definition) is 5. The number of rotatable bonds is 5. The predicted molar refractivity (Wildman–Crippen MR) is 82.1 cm³/mol. The molecule has 0 amide bonds. The number of nitrogens with two attached hydrogens (primary N) is 2. The lowest BCUT2D eigenvalue weighted by atomic mass is 10.0. The Hall–Kier alpha value is -0.180. The number of ether oxygens (including phenoxy) is 1. The maximum absolute atomic E-state index is 10.1. The minimum absolute atomic E-state index is 0.235. The molecule has 0 aromatic carbocycles. The Morgan fingerprint density at radius 3 is 2.71 bits per heavy atom. The Morgan fingerprint density at radius 1 is 1.33 bits per heavy atom. The second-order valence-corrected chi connectivity index (χ2v) is 7.21. The summed E-state index contributed by atoms with van der Waals surface area (Å²) >= 11 is 1.33. The molecular formula is C14H29N3O3S+2. The fourth-order valence-electron chi connectivity index (χ4n) is 3.08. The van der Waals surface area contributed by atoms with Crippen LogP contribution in [0.4, 0.5) is 0 Å². The second-order valence-electron chi connectivity index (χ2n) is 6.01. The molecule has 4 atom stereocenters. The number of amidine groups is 1. The summed E-state index contributed by atoms with van der Waals surface area (Å²) in [5.74, 6) is 0. The molecule has 0 aromatic rings. The average molecular weight is 319 g/mol. The van der Waals surface area contributed by atoms with E-state index in [0.29, 0.717) is 24.2 Å². The Bertz CT molecular complexity index is 339. The van der Waals surface area contributed by atoms with Crippen LogP contribution in [-0.2, 0) is 4.74 Å². The van der Waals surface area contributed by atoms with Crippen LogP contribution in [0.25, 0.3) is 0 Å². The normalized spacial score (nSPS) is 34.2. The van der Waals surface area contributed by atoms with E-state index in [-0.39, 0.29) is 11.5 Å². The standard InChI is InChI=1S/C14H27N3O3S/c1-2-16-14(15)21-12-7-10(18)13(19)11(20-12)8-17-9-5-3-4-6-9/h9-13,17-19H,2-8H2,1H3,(H2,15,16)/p+2/t10-,11-,12?,13+/m1/s1. The first-order valence-corrected chi connectivity index (χ1v) is 8.91. The van der Waals surface area contributed by atoms with Gasteiger partial charge in [-0.25, -0.2) is 5.41 Å². The van der Waals surface area contributed by atoms with Crippen LogP contribution in [0.1, 0.15) is 39.0 Å². The Labute approximate surface area is 130 Å². The highest BCUT2D eigenvalue weighted by Gasteiger charge is 2.39. The molecule has 6 nitrogen and oxygen atoms in total. The average Bonchev–Trinajstić information content (AvgIpc) is 2.94.